The Morgan fingerprint density at radius 2 is 2.00 bits per heavy atom. The van der Waals surface area contributed by atoms with Gasteiger partial charge in [0.25, 0.3) is 0 Å². The Morgan fingerprint density at radius 1 is 1.36 bits per heavy atom. The molecule has 2 atom stereocenters. The van der Waals surface area contributed by atoms with E-state index in [1.165, 1.54) is 31.0 Å². The molecule has 0 heterocycles. The van der Waals surface area contributed by atoms with E-state index in [2.05, 4.69) is 5.32 Å². The molecule has 0 radical (unpaired) electrons. The highest BCUT2D eigenvalue weighted by molar-refractivity contribution is 5.75. The van der Waals surface area contributed by atoms with Gasteiger partial charge in [0.1, 0.15) is 6.10 Å². The van der Waals surface area contributed by atoms with Gasteiger partial charge in [-0.1, -0.05) is 19.1 Å². The number of para-hydroxylation sites is 1. The number of carboxylic acid groups (broad SMARTS) is 1. The quantitative estimate of drug-likeness (QED) is 0.806. The number of carbonyl (C=O) groups excluding carboxylic acids is 1. The molecule has 2 unspecified atom stereocenters. The maximum atomic E-state index is 13.4. The summed E-state index contributed by atoms with van der Waals surface area (Å²) in [7, 11) is 1.51. The monoisotopic (exact) mass is 312 g/mol. The number of urea groups is 1. The van der Waals surface area contributed by atoms with Gasteiger partial charge >= 0.3 is 12.0 Å². The molecule has 0 aliphatic rings. The molecule has 1 aromatic rings. The van der Waals surface area contributed by atoms with Gasteiger partial charge in [-0.25, -0.2) is 9.18 Å². The highest BCUT2D eigenvalue weighted by atomic mass is 19.1. The number of nitrogens with zero attached hydrogens (tertiary/aromatic N) is 1. The minimum absolute atomic E-state index is 0.101. The highest BCUT2D eigenvalue weighted by Gasteiger charge is 2.18. The molecule has 0 bridgehead atoms. The molecular formula is C15H21FN2O4. The second-order valence-electron chi connectivity index (χ2n) is 5.16. The molecule has 6 nitrogen and oxygen atoms in total. The first-order chi connectivity index (χ1) is 10.3. The van der Waals surface area contributed by atoms with Crippen LogP contribution in [0.1, 0.15) is 13.8 Å². The lowest BCUT2D eigenvalue weighted by molar-refractivity contribution is -0.141. The summed E-state index contributed by atoms with van der Waals surface area (Å²) in [6.45, 7) is 3.51. The maximum Gasteiger partial charge on any atom is 0.317 e. The van der Waals surface area contributed by atoms with Gasteiger partial charge in [0.05, 0.1) is 12.5 Å². The number of benzene rings is 1. The van der Waals surface area contributed by atoms with Crippen molar-refractivity contribution in [2.45, 2.75) is 20.0 Å². The van der Waals surface area contributed by atoms with Crippen LogP contribution >= 0.6 is 0 Å². The molecule has 0 fully saturated rings. The fourth-order valence-electron chi connectivity index (χ4n) is 1.74. The second kappa shape index (κ2) is 8.21. The van der Waals surface area contributed by atoms with Crippen LogP contribution in [0.15, 0.2) is 24.3 Å². The van der Waals surface area contributed by atoms with E-state index in [-0.39, 0.29) is 18.8 Å². The molecule has 122 valence electrons. The Bertz CT molecular complexity index is 524. The minimum Gasteiger partial charge on any atom is -0.486 e. The lowest BCUT2D eigenvalue weighted by Gasteiger charge is -2.22. The third-order valence-corrected chi connectivity index (χ3v) is 3.02. The van der Waals surface area contributed by atoms with Crippen LogP contribution in [0.25, 0.3) is 0 Å². The SMILES string of the molecule is CC(CNC(=O)N(C)CC(C)C(=O)O)Oc1ccccc1F. The van der Waals surface area contributed by atoms with Gasteiger partial charge in [-0.3, -0.25) is 4.79 Å². The topological polar surface area (TPSA) is 78.9 Å². The van der Waals surface area contributed by atoms with Gasteiger partial charge in [0, 0.05) is 13.6 Å². The molecular weight excluding hydrogens is 291 g/mol. The lowest BCUT2D eigenvalue weighted by atomic mass is 10.2. The zero-order valence-electron chi connectivity index (χ0n) is 12.9. The average Bonchev–Trinajstić information content (AvgIpc) is 2.46. The number of amides is 2. The van der Waals surface area contributed by atoms with E-state index >= 15 is 0 Å². The van der Waals surface area contributed by atoms with E-state index in [4.69, 9.17) is 9.84 Å². The summed E-state index contributed by atoms with van der Waals surface area (Å²) in [5.74, 6) is -1.95. The number of carbonyl (C=O) groups is 2. The largest absolute Gasteiger partial charge is 0.486 e. The molecule has 0 aliphatic heterocycles. The van der Waals surface area contributed by atoms with E-state index in [0.717, 1.165) is 0 Å². The third kappa shape index (κ3) is 5.59. The third-order valence-electron chi connectivity index (χ3n) is 3.02. The number of rotatable bonds is 7. The van der Waals surface area contributed by atoms with E-state index in [1.807, 2.05) is 0 Å². The van der Waals surface area contributed by atoms with Gasteiger partial charge in [0.2, 0.25) is 0 Å². The maximum absolute atomic E-state index is 13.4. The molecule has 22 heavy (non-hydrogen) atoms. The summed E-state index contributed by atoms with van der Waals surface area (Å²) in [5, 5.41) is 11.4. The predicted molar refractivity (Wildman–Crippen MR) is 79.3 cm³/mol. The normalized spacial score (nSPS) is 13.1. The first-order valence-corrected chi connectivity index (χ1v) is 6.94. The smallest absolute Gasteiger partial charge is 0.317 e. The van der Waals surface area contributed by atoms with Crippen LogP contribution < -0.4 is 10.1 Å². The number of ether oxygens (including phenoxy) is 1. The number of hydrogen-bond donors (Lipinski definition) is 2. The van der Waals surface area contributed by atoms with Gasteiger partial charge in [-0.05, 0) is 19.1 Å². The van der Waals surface area contributed by atoms with E-state index < -0.39 is 29.8 Å². The zero-order valence-corrected chi connectivity index (χ0v) is 12.9. The molecule has 0 spiro atoms. The van der Waals surface area contributed by atoms with Gasteiger partial charge in [-0.15, -0.1) is 0 Å². The summed E-state index contributed by atoms with van der Waals surface area (Å²) >= 11 is 0. The van der Waals surface area contributed by atoms with Crippen LogP contribution in [0, 0.1) is 11.7 Å². The Morgan fingerprint density at radius 3 is 2.59 bits per heavy atom. The summed E-state index contributed by atoms with van der Waals surface area (Å²) in [6, 6.07) is 5.62. The summed E-state index contributed by atoms with van der Waals surface area (Å²) < 4.78 is 18.8. The number of aliphatic carboxylic acids is 1. The average molecular weight is 312 g/mol. The standard InChI is InChI=1S/C15H21FN2O4/c1-10(14(19)20)9-18(3)15(21)17-8-11(2)22-13-7-5-4-6-12(13)16/h4-7,10-11H,8-9H2,1-3H3,(H,17,21)(H,19,20). The Balaban J connectivity index is 2.40. The molecule has 1 aromatic carbocycles. The van der Waals surface area contributed by atoms with Crippen LogP contribution in [-0.2, 0) is 4.79 Å². The molecule has 0 aliphatic carbocycles. The highest BCUT2D eigenvalue weighted by Crippen LogP contribution is 2.16. The van der Waals surface area contributed by atoms with Crippen molar-refractivity contribution in [3.63, 3.8) is 0 Å². The van der Waals surface area contributed by atoms with Crippen LogP contribution in [0.5, 0.6) is 5.75 Å². The van der Waals surface area contributed by atoms with Gasteiger partial charge in [-0.2, -0.15) is 0 Å². The molecule has 0 aromatic heterocycles. The number of carboxylic acids is 1. The van der Waals surface area contributed by atoms with Crippen molar-refractivity contribution in [1.82, 2.24) is 10.2 Å². The van der Waals surface area contributed by atoms with E-state index in [0.29, 0.717) is 0 Å². The van der Waals surface area contributed by atoms with Crippen molar-refractivity contribution in [2.24, 2.45) is 5.92 Å². The number of nitrogens with one attached hydrogen (secondary N) is 1. The van der Waals surface area contributed by atoms with Crippen LogP contribution in [0.3, 0.4) is 0 Å². The van der Waals surface area contributed by atoms with Gasteiger partial charge in [0.15, 0.2) is 11.6 Å². The Hall–Kier alpha value is -2.31. The van der Waals surface area contributed by atoms with Crippen molar-refractivity contribution in [3.05, 3.63) is 30.1 Å². The van der Waals surface area contributed by atoms with Crippen molar-refractivity contribution in [1.29, 1.82) is 0 Å². The summed E-state index contributed by atoms with van der Waals surface area (Å²) in [4.78, 5) is 23.8. The molecule has 0 saturated heterocycles. The fraction of sp³-hybridized carbons (Fsp3) is 0.467. The van der Waals surface area contributed by atoms with Crippen LogP contribution in [0.2, 0.25) is 0 Å². The fourth-order valence-corrected chi connectivity index (χ4v) is 1.74. The summed E-state index contributed by atoms with van der Waals surface area (Å²) in [5.41, 5.74) is 0. The minimum atomic E-state index is -0.962. The Kier molecular flexibility index (Phi) is 6.62. The van der Waals surface area contributed by atoms with Crippen molar-refractivity contribution >= 4 is 12.0 Å². The first kappa shape index (κ1) is 17.7. The molecule has 7 heteroatoms. The van der Waals surface area contributed by atoms with Crippen molar-refractivity contribution in [3.8, 4) is 5.75 Å². The molecule has 0 saturated carbocycles. The zero-order chi connectivity index (χ0) is 16.7. The van der Waals surface area contributed by atoms with Crippen molar-refractivity contribution < 1.29 is 23.8 Å². The molecule has 1 rings (SSSR count). The Labute approximate surface area is 128 Å². The van der Waals surface area contributed by atoms with Crippen LogP contribution in [-0.4, -0.2) is 48.2 Å². The number of halogens is 1. The molecule has 2 amide bonds. The van der Waals surface area contributed by atoms with Gasteiger partial charge < -0.3 is 20.1 Å². The molecule has 2 N–H and O–H groups in total. The van der Waals surface area contributed by atoms with Crippen LogP contribution in [0.4, 0.5) is 9.18 Å². The lowest BCUT2D eigenvalue weighted by Crippen LogP contribution is -2.43. The number of hydrogen-bond acceptors (Lipinski definition) is 3. The first-order valence-electron chi connectivity index (χ1n) is 6.94. The predicted octanol–water partition coefficient (Wildman–Crippen LogP) is 1.96. The summed E-state index contributed by atoms with van der Waals surface area (Å²) in [6.07, 6.45) is -0.425. The second-order valence-corrected chi connectivity index (χ2v) is 5.16. The van der Waals surface area contributed by atoms with E-state index in [1.54, 1.807) is 19.1 Å². The van der Waals surface area contributed by atoms with Crippen molar-refractivity contribution in [2.75, 3.05) is 20.1 Å². The van der Waals surface area contributed by atoms with E-state index in [9.17, 15) is 14.0 Å².